The summed E-state index contributed by atoms with van der Waals surface area (Å²) < 4.78 is 60.8. The molecule has 1 saturated heterocycles. The number of alkyl halides is 3. The number of amides is 3. The molecule has 1 heterocycles. The second-order valence-electron chi connectivity index (χ2n) is 14.0. The second-order valence-corrected chi connectivity index (χ2v) is 14.0. The summed E-state index contributed by atoms with van der Waals surface area (Å²) in [5.41, 5.74) is 0.438. The van der Waals surface area contributed by atoms with Gasteiger partial charge in [-0.25, -0.2) is 8.78 Å². The van der Waals surface area contributed by atoms with E-state index in [-0.39, 0.29) is 35.8 Å². The van der Waals surface area contributed by atoms with Gasteiger partial charge in [0.15, 0.2) is 0 Å². The van der Waals surface area contributed by atoms with E-state index in [2.05, 4.69) is 35.7 Å². The molecule has 0 radical (unpaired) electrons. The predicted octanol–water partition coefficient (Wildman–Crippen LogP) is 8.01. The smallest absolute Gasteiger partial charge is 0.392 e. The molecule has 0 aromatic heterocycles. The van der Waals surface area contributed by atoms with Gasteiger partial charge in [0.1, 0.15) is 23.2 Å². The molecule has 1 aliphatic rings. The Morgan fingerprint density at radius 2 is 1.50 bits per heavy atom. The summed E-state index contributed by atoms with van der Waals surface area (Å²) >= 11 is 0. The first-order chi connectivity index (χ1) is 27.6. The number of likely N-dealkylation sites (tertiary alicyclic amines) is 1. The lowest BCUT2D eigenvalue weighted by Gasteiger charge is -2.35. The Bertz CT molecular complexity index is 1670. The van der Waals surface area contributed by atoms with Crippen molar-refractivity contribution in [2.24, 2.45) is 5.92 Å². The quantitative estimate of drug-likeness (QED) is 0.0628. The first-order valence-corrected chi connectivity index (χ1v) is 19.8. The maximum Gasteiger partial charge on any atom is 0.416 e. The van der Waals surface area contributed by atoms with E-state index >= 15 is 0 Å². The number of carbonyl (C=O) groups excluding carboxylic acids is 3. The lowest BCUT2D eigenvalue weighted by Crippen LogP contribution is -2.59. The van der Waals surface area contributed by atoms with Crippen LogP contribution in [0.4, 0.5) is 22.0 Å². The third-order valence-corrected chi connectivity index (χ3v) is 9.77. The highest BCUT2D eigenvalue weighted by Crippen LogP contribution is 2.34. The minimum atomic E-state index is -4.33. The van der Waals surface area contributed by atoms with Crippen LogP contribution in [0.3, 0.4) is 0 Å². The van der Waals surface area contributed by atoms with E-state index in [1.165, 1.54) is 31.2 Å². The van der Waals surface area contributed by atoms with Crippen LogP contribution in [0, 0.1) is 30.4 Å². The van der Waals surface area contributed by atoms with Crippen LogP contribution >= 0.6 is 0 Å². The molecule has 0 saturated carbocycles. The van der Waals surface area contributed by atoms with Gasteiger partial charge in [-0.2, -0.15) is 13.2 Å². The zero-order valence-corrected chi connectivity index (χ0v) is 34.4. The van der Waals surface area contributed by atoms with Gasteiger partial charge in [0.2, 0.25) is 17.7 Å². The van der Waals surface area contributed by atoms with Crippen LogP contribution in [0.25, 0.3) is 0 Å². The van der Waals surface area contributed by atoms with E-state index in [0.717, 1.165) is 62.5 Å². The van der Waals surface area contributed by atoms with E-state index in [1.807, 2.05) is 51.1 Å². The Hall–Kier alpha value is -4.80. The zero-order chi connectivity index (χ0) is 43.7. The van der Waals surface area contributed by atoms with Crippen molar-refractivity contribution in [3.05, 3.63) is 107 Å². The number of aryl methyl sites for hydroxylation is 2. The molecule has 0 spiro atoms. The van der Waals surface area contributed by atoms with Crippen LogP contribution in [-0.2, 0) is 40.0 Å². The lowest BCUT2D eigenvalue weighted by molar-refractivity contribution is -0.144. The largest absolute Gasteiger partial charge is 0.416 e. The number of carbonyl (C=O) groups is 3. The molecular weight excluding hydrogens is 756 g/mol. The fraction of sp³-hybridized carbons (Fsp3) is 0.489. The van der Waals surface area contributed by atoms with Gasteiger partial charge in [-0.05, 0) is 98.5 Å². The highest BCUT2D eigenvalue weighted by Gasteiger charge is 2.52. The number of halogens is 5. The number of unbranched alkanes of at least 4 members (excludes halogenated alkanes) is 1. The number of hydrogen-bond donors (Lipinski definition) is 4. The number of benzene rings is 3. The summed E-state index contributed by atoms with van der Waals surface area (Å²) in [5, 5.41) is 18.0. The third kappa shape index (κ3) is 17.4. The van der Waals surface area contributed by atoms with Gasteiger partial charge < -0.3 is 26.0 Å². The molecule has 58 heavy (non-hydrogen) atoms. The number of rotatable bonds is 17. The minimum absolute atomic E-state index is 0.0130. The topological polar surface area (TPSA) is 111 Å². The molecule has 0 aliphatic carbocycles. The molecule has 13 heteroatoms. The first kappa shape index (κ1) is 51.2. The van der Waals surface area contributed by atoms with Crippen molar-refractivity contribution < 1.29 is 41.4 Å². The van der Waals surface area contributed by atoms with Crippen LogP contribution in [0.15, 0.2) is 72.8 Å². The summed E-state index contributed by atoms with van der Waals surface area (Å²) in [6.45, 7) is 12.0. The van der Waals surface area contributed by atoms with E-state index in [9.17, 15) is 36.3 Å². The molecule has 3 amide bonds. The monoisotopic (exact) mass is 816 g/mol. The molecule has 1 aliphatic heterocycles. The van der Waals surface area contributed by atoms with E-state index < -0.39 is 35.0 Å². The van der Waals surface area contributed by atoms with Gasteiger partial charge in [0.05, 0.1) is 12.2 Å². The Balaban J connectivity index is 0.000000564. The average molecular weight is 817 g/mol. The van der Waals surface area contributed by atoms with E-state index in [4.69, 9.17) is 5.11 Å². The minimum Gasteiger partial charge on any atom is -0.392 e. The molecule has 3 atom stereocenters. The Morgan fingerprint density at radius 1 is 0.879 bits per heavy atom. The van der Waals surface area contributed by atoms with Crippen LogP contribution < -0.4 is 16.0 Å². The molecule has 3 aromatic rings. The molecule has 8 nitrogen and oxygen atoms in total. The Morgan fingerprint density at radius 3 is 2.05 bits per heavy atom. The van der Waals surface area contributed by atoms with Gasteiger partial charge in [0.25, 0.3) is 0 Å². The van der Waals surface area contributed by atoms with Gasteiger partial charge in [-0.1, -0.05) is 83.0 Å². The SMILES string of the molecule is C#C.CCCCNCCCNC(=O)[C@H](CCc1ccccc1)N1CC[C@](NC(C)=O)([C@@H](C)CC)C1=O.CCc1cc(F)cc(F)c1.OCc1cccc(C(F)(F)F)c1. The lowest BCUT2D eigenvalue weighted by atomic mass is 9.81. The fourth-order valence-corrected chi connectivity index (χ4v) is 6.43. The maximum atomic E-state index is 13.7. The van der Waals surface area contributed by atoms with Gasteiger partial charge in [-0.15, -0.1) is 12.8 Å². The number of nitrogens with one attached hydrogen (secondary N) is 3. The van der Waals surface area contributed by atoms with Crippen molar-refractivity contribution >= 4 is 17.7 Å². The van der Waals surface area contributed by atoms with Crippen molar-refractivity contribution in [3.63, 3.8) is 0 Å². The zero-order valence-electron chi connectivity index (χ0n) is 34.4. The summed E-state index contributed by atoms with van der Waals surface area (Å²) in [6, 6.07) is 17.6. The van der Waals surface area contributed by atoms with Gasteiger partial charge >= 0.3 is 6.18 Å². The molecule has 1 fully saturated rings. The average Bonchev–Trinajstić information content (AvgIpc) is 3.53. The molecule has 0 unspecified atom stereocenters. The number of aliphatic hydroxyl groups excluding tert-OH is 1. The molecule has 4 rings (SSSR count). The van der Waals surface area contributed by atoms with Crippen LogP contribution in [0.2, 0.25) is 0 Å². The van der Waals surface area contributed by atoms with Gasteiger partial charge in [0, 0.05) is 26.1 Å². The highest BCUT2D eigenvalue weighted by molar-refractivity contribution is 5.96. The van der Waals surface area contributed by atoms with Crippen LogP contribution in [0.5, 0.6) is 0 Å². The second kappa shape index (κ2) is 27.0. The van der Waals surface area contributed by atoms with Crippen molar-refractivity contribution in [2.45, 2.75) is 110 Å². The van der Waals surface area contributed by atoms with Crippen LogP contribution in [0.1, 0.15) is 95.4 Å². The van der Waals surface area contributed by atoms with Crippen molar-refractivity contribution in [3.8, 4) is 12.8 Å². The normalized spacial score (nSPS) is 15.7. The van der Waals surface area contributed by atoms with E-state index in [0.29, 0.717) is 44.3 Å². The maximum absolute atomic E-state index is 13.7. The third-order valence-electron chi connectivity index (χ3n) is 9.77. The van der Waals surface area contributed by atoms with Crippen molar-refractivity contribution in [1.82, 2.24) is 20.9 Å². The Kier molecular flexibility index (Phi) is 23.8. The van der Waals surface area contributed by atoms with Crippen LogP contribution in [-0.4, -0.2) is 65.5 Å². The number of nitrogens with zero attached hydrogens (tertiary/aromatic N) is 1. The summed E-state index contributed by atoms with van der Waals surface area (Å²) in [4.78, 5) is 40.7. The number of terminal acetylenes is 1. The van der Waals surface area contributed by atoms with E-state index in [1.54, 1.807) is 4.90 Å². The number of hydrogen-bond acceptors (Lipinski definition) is 5. The molecular formula is C45H61F5N4O4. The van der Waals surface area contributed by atoms with Crippen molar-refractivity contribution in [2.75, 3.05) is 26.2 Å². The Labute approximate surface area is 341 Å². The standard InChI is InChI=1S/C27H44N4O3.C8H7F3O.C8H8F2.C2H2/c1-5-7-17-28-18-11-19-29-25(33)24(15-14-23-12-9-8-10-13-23)31-20-16-27(26(31)34,21(3)6-2)30-22(4)32;9-8(10,11)7-3-1-2-6(4-7)5-12;1-2-6-3-7(9)5-8(10)4-6;1-2/h8-10,12-13,21,24,28H,5-7,11,14-20H2,1-4H3,(H,29,33)(H,30,32);1-4,12H,5H2;3-5H,2H2,1H3;1-2H/t21-,24-,27-;;;/m0.../s1. The fourth-order valence-electron chi connectivity index (χ4n) is 6.43. The summed E-state index contributed by atoms with van der Waals surface area (Å²) in [7, 11) is 0. The molecule has 3 aromatic carbocycles. The predicted molar refractivity (Wildman–Crippen MR) is 219 cm³/mol. The molecule has 4 N–H and O–H groups in total. The summed E-state index contributed by atoms with van der Waals surface area (Å²) in [6.07, 6.45) is 10.0. The molecule has 320 valence electrons. The first-order valence-electron chi connectivity index (χ1n) is 19.8. The summed E-state index contributed by atoms with van der Waals surface area (Å²) in [5.74, 6) is -1.47. The number of aliphatic hydroxyl groups is 1. The molecule has 0 bridgehead atoms. The van der Waals surface area contributed by atoms with Crippen molar-refractivity contribution in [1.29, 1.82) is 0 Å². The van der Waals surface area contributed by atoms with Gasteiger partial charge in [-0.3, -0.25) is 14.4 Å². The highest BCUT2D eigenvalue weighted by atomic mass is 19.4.